The van der Waals surface area contributed by atoms with Gasteiger partial charge in [-0.1, -0.05) is 18.2 Å². The number of hydrogen-bond acceptors (Lipinski definition) is 2. The lowest BCUT2D eigenvalue weighted by molar-refractivity contribution is 0.385. The molecule has 0 saturated heterocycles. The van der Waals surface area contributed by atoms with Crippen molar-refractivity contribution >= 4 is 0 Å². The lowest BCUT2D eigenvalue weighted by Crippen LogP contribution is -1.93. The van der Waals surface area contributed by atoms with Crippen LogP contribution in [0.3, 0.4) is 0 Å². The highest BCUT2D eigenvalue weighted by Gasteiger charge is 2.11. The number of nitrogens with zero attached hydrogens (tertiary/aromatic N) is 1. The van der Waals surface area contributed by atoms with Gasteiger partial charge in [-0.15, -0.1) is 0 Å². The minimum atomic E-state index is -0.348. The zero-order chi connectivity index (χ0) is 13.1. The predicted octanol–water partition coefficient (Wildman–Crippen LogP) is 3.68. The van der Waals surface area contributed by atoms with Gasteiger partial charge in [0.1, 0.15) is 0 Å². The molecule has 90 valence electrons. The van der Waals surface area contributed by atoms with E-state index in [-0.39, 0.29) is 11.6 Å². The lowest BCUT2D eigenvalue weighted by Gasteiger charge is -2.10. The molecule has 2 rings (SSSR count). The number of ether oxygens (including phenoxy) is 1. The van der Waals surface area contributed by atoms with Gasteiger partial charge in [-0.05, 0) is 41.8 Å². The van der Waals surface area contributed by atoms with Gasteiger partial charge in [0.15, 0.2) is 11.6 Å². The molecule has 3 heteroatoms. The summed E-state index contributed by atoms with van der Waals surface area (Å²) in [5, 5.41) is 8.74. The molecule has 0 aliphatic rings. The second kappa shape index (κ2) is 4.89. The highest BCUT2D eigenvalue weighted by Crippen LogP contribution is 2.30. The van der Waals surface area contributed by atoms with Crippen LogP contribution in [0.4, 0.5) is 4.39 Å². The van der Waals surface area contributed by atoms with Crippen LogP contribution >= 0.6 is 0 Å². The Labute approximate surface area is 105 Å². The molecule has 0 atom stereocenters. The van der Waals surface area contributed by atoms with E-state index in [9.17, 15) is 4.39 Å². The van der Waals surface area contributed by atoms with Crippen LogP contribution in [0.15, 0.2) is 36.4 Å². The highest BCUT2D eigenvalue weighted by atomic mass is 19.1. The van der Waals surface area contributed by atoms with Crippen LogP contribution in [-0.2, 0) is 0 Å². The zero-order valence-corrected chi connectivity index (χ0v) is 10.2. The first-order valence-electron chi connectivity index (χ1n) is 5.51. The average molecular weight is 241 g/mol. The first-order chi connectivity index (χ1) is 8.67. The third kappa shape index (κ3) is 2.05. The van der Waals surface area contributed by atoms with Crippen molar-refractivity contribution in [1.29, 1.82) is 5.26 Å². The highest BCUT2D eigenvalue weighted by molar-refractivity contribution is 5.69. The van der Waals surface area contributed by atoms with Crippen molar-refractivity contribution in [1.82, 2.24) is 0 Å². The van der Waals surface area contributed by atoms with E-state index < -0.39 is 0 Å². The molecule has 2 aromatic rings. The molecule has 0 unspecified atom stereocenters. The van der Waals surface area contributed by atoms with Gasteiger partial charge >= 0.3 is 0 Å². The Morgan fingerprint density at radius 3 is 2.33 bits per heavy atom. The molecule has 0 fully saturated rings. The van der Waals surface area contributed by atoms with E-state index in [1.807, 2.05) is 18.2 Å². The van der Waals surface area contributed by atoms with Crippen LogP contribution in [0.25, 0.3) is 11.1 Å². The van der Waals surface area contributed by atoms with Crippen LogP contribution in [0.1, 0.15) is 11.1 Å². The van der Waals surface area contributed by atoms with Crippen molar-refractivity contribution in [2.45, 2.75) is 6.92 Å². The molecular formula is C15H12FNO. The summed E-state index contributed by atoms with van der Waals surface area (Å²) < 4.78 is 18.9. The summed E-state index contributed by atoms with van der Waals surface area (Å²) in [5.74, 6) is -0.107. The van der Waals surface area contributed by atoms with Gasteiger partial charge in [0.05, 0.1) is 18.7 Å². The van der Waals surface area contributed by atoms with E-state index in [0.29, 0.717) is 11.1 Å². The van der Waals surface area contributed by atoms with Gasteiger partial charge in [0.2, 0.25) is 0 Å². The van der Waals surface area contributed by atoms with E-state index in [2.05, 4.69) is 6.07 Å². The molecule has 0 aliphatic heterocycles. The maximum atomic E-state index is 13.9. The first-order valence-corrected chi connectivity index (χ1v) is 5.51. The van der Waals surface area contributed by atoms with Crippen LogP contribution in [0.5, 0.6) is 5.75 Å². The van der Waals surface area contributed by atoms with Crippen LogP contribution < -0.4 is 4.74 Å². The van der Waals surface area contributed by atoms with Crippen molar-refractivity contribution in [3.05, 3.63) is 53.3 Å². The molecule has 2 nitrogen and oxygen atoms in total. The Kier molecular flexibility index (Phi) is 3.29. The Morgan fingerprint density at radius 2 is 1.78 bits per heavy atom. The topological polar surface area (TPSA) is 33.0 Å². The fraction of sp³-hybridized carbons (Fsp3) is 0.133. The molecule has 0 bridgehead atoms. The Morgan fingerprint density at radius 1 is 1.11 bits per heavy atom. The Bertz CT molecular complexity index is 612. The minimum absolute atomic E-state index is 0.241. The van der Waals surface area contributed by atoms with Gasteiger partial charge in [-0.3, -0.25) is 0 Å². The Balaban J connectivity index is 2.51. The van der Waals surface area contributed by atoms with Crippen molar-refractivity contribution in [2.24, 2.45) is 0 Å². The summed E-state index contributed by atoms with van der Waals surface area (Å²) in [6, 6.07) is 12.5. The summed E-state index contributed by atoms with van der Waals surface area (Å²) in [6.45, 7) is 1.71. The van der Waals surface area contributed by atoms with Gasteiger partial charge in [-0.2, -0.15) is 5.26 Å². The molecule has 18 heavy (non-hydrogen) atoms. The smallest absolute Gasteiger partial charge is 0.168 e. The molecule has 0 amide bonds. The maximum Gasteiger partial charge on any atom is 0.168 e. The number of nitriles is 1. The lowest BCUT2D eigenvalue weighted by atomic mass is 9.99. The number of hydrogen-bond donors (Lipinski definition) is 0. The molecule has 0 radical (unpaired) electrons. The normalized spacial score (nSPS) is 9.89. The molecule has 0 saturated carbocycles. The largest absolute Gasteiger partial charge is 0.494 e. The Hall–Kier alpha value is -2.34. The van der Waals surface area contributed by atoms with Crippen LogP contribution in [0, 0.1) is 24.1 Å². The average Bonchev–Trinajstić information content (AvgIpc) is 2.42. The second-order valence-electron chi connectivity index (χ2n) is 3.94. The standard InChI is InChI=1S/C15H12FNO/c1-10-13(7-8-14(18-2)15(10)16)12-5-3-11(9-17)4-6-12/h3-8H,1-2H3. The summed E-state index contributed by atoms with van der Waals surface area (Å²) >= 11 is 0. The number of benzene rings is 2. The van der Waals surface area contributed by atoms with Gasteiger partial charge < -0.3 is 4.74 Å². The van der Waals surface area contributed by atoms with Gasteiger partial charge in [0.25, 0.3) is 0 Å². The summed E-state index contributed by atoms with van der Waals surface area (Å²) in [6.07, 6.45) is 0. The van der Waals surface area contributed by atoms with Crippen molar-refractivity contribution in [3.8, 4) is 22.9 Å². The summed E-state index contributed by atoms with van der Waals surface area (Å²) in [4.78, 5) is 0. The van der Waals surface area contributed by atoms with E-state index in [1.54, 1.807) is 25.1 Å². The van der Waals surface area contributed by atoms with E-state index in [0.717, 1.165) is 11.1 Å². The van der Waals surface area contributed by atoms with Crippen LogP contribution in [-0.4, -0.2) is 7.11 Å². The SMILES string of the molecule is COc1ccc(-c2ccc(C#N)cc2)c(C)c1F. The van der Waals surface area contributed by atoms with Crippen molar-refractivity contribution < 1.29 is 9.13 Å². The summed E-state index contributed by atoms with van der Waals surface area (Å²) in [7, 11) is 1.44. The third-order valence-corrected chi connectivity index (χ3v) is 2.90. The van der Waals surface area contributed by atoms with E-state index >= 15 is 0 Å². The quantitative estimate of drug-likeness (QED) is 0.803. The number of halogens is 1. The zero-order valence-electron chi connectivity index (χ0n) is 10.2. The van der Waals surface area contributed by atoms with Gasteiger partial charge in [0, 0.05) is 0 Å². The predicted molar refractivity (Wildman–Crippen MR) is 67.8 cm³/mol. The molecule has 0 heterocycles. The van der Waals surface area contributed by atoms with E-state index in [4.69, 9.17) is 10.00 Å². The maximum absolute atomic E-state index is 13.9. The molecule has 0 aliphatic carbocycles. The van der Waals surface area contributed by atoms with Crippen molar-refractivity contribution in [2.75, 3.05) is 7.11 Å². The minimum Gasteiger partial charge on any atom is -0.494 e. The van der Waals surface area contributed by atoms with E-state index in [1.165, 1.54) is 7.11 Å². The third-order valence-electron chi connectivity index (χ3n) is 2.90. The molecule has 0 N–H and O–H groups in total. The fourth-order valence-electron chi connectivity index (χ4n) is 1.85. The monoisotopic (exact) mass is 241 g/mol. The molecule has 0 aromatic heterocycles. The molecular weight excluding hydrogens is 229 g/mol. The molecule has 0 spiro atoms. The number of methoxy groups -OCH3 is 1. The fourth-order valence-corrected chi connectivity index (χ4v) is 1.85. The number of rotatable bonds is 2. The van der Waals surface area contributed by atoms with Crippen LogP contribution in [0.2, 0.25) is 0 Å². The van der Waals surface area contributed by atoms with Crippen molar-refractivity contribution in [3.63, 3.8) is 0 Å². The summed E-state index contributed by atoms with van der Waals surface area (Å²) in [5.41, 5.74) is 2.82. The first kappa shape index (κ1) is 12.1. The second-order valence-corrected chi connectivity index (χ2v) is 3.94. The molecule has 2 aromatic carbocycles. The van der Waals surface area contributed by atoms with Gasteiger partial charge in [-0.25, -0.2) is 4.39 Å².